The average molecular weight is 367 g/mol. The molecule has 0 radical (unpaired) electrons. The summed E-state index contributed by atoms with van der Waals surface area (Å²) in [6.45, 7) is 6.52. The second kappa shape index (κ2) is 6.15. The van der Waals surface area contributed by atoms with Gasteiger partial charge in [-0.2, -0.15) is 4.98 Å². The highest BCUT2D eigenvalue weighted by atomic mass is 16.3. The number of fused-ring (bicyclic) bond motifs is 3. The third kappa shape index (κ3) is 2.40. The van der Waals surface area contributed by atoms with Crippen LogP contribution in [0.4, 0.5) is 0 Å². The van der Waals surface area contributed by atoms with Gasteiger partial charge < -0.3 is 8.98 Å². The molecule has 0 amide bonds. The monoisotopic (exact) mass is 367 g/mol. The van der Waals surface area contributed by atoms with Gasteiger partial charge in [-0.15, -0.1) is 0 Å². The van der Waals surface area contributed by atoms with Crippen LogP contribution in [0.15, 0.2) is 44.6 Å². The fraction of sp³-hybridized carbons (Fsp3) is 0.316. The first-order valence-electron chi connectivity index (χ1n) is 8.77. The summed E-state index contributed by atoms with van der Waals surface area (Å²) < 4.78 is 12.0. The summed E-state index contributed by atoms with van der Waals surface area (Å²) in [4.78, 5) is 30.4. The summed E-state index contributed by atoms with van der Waals surface area (Å²) >= 11 is 0. The predicted octanol–water partition coefficient (Wildman–Crippen LogP) is 1.98. The topological polar surface area (TPSA) is 79.4 Å². The Kier molecular flexibility index (Phi) is 3.91. The lowest BCUT2D eigenvalue weighted by Crippen LogP contribution is -2.39. The highest BCUT2D eigenvalue weighted by Crippen LogP contribution is 2.21. The summed E-state index contributed by atoms with van der Waals surface area (Å²) in [5, 5.41) is 0. The SMILES string of the molecule is CC=CCn1c(=O)c2c(nc3n(Cc4ccco4)c(C)c(C)n23)n(C)c1=O. The van der Waals surface area contributed by atoms with Gasteiger partial charge in [0, 0.05) is 25.0 Å². The average Bonchev–Trinajstić information content (AvgIpc) is 3.35. The lowest BCUT2D eigenvalue weighted by molar-refractivity contribution is 0.494. The van der Waals surface area contributed by atoms with Gasteiger partial charge in [0.1, 0.15) is 5.76 Å². The van der Waals surface area contributed by atoms with Gasteiger partial charge in [-0.1, -0.05) is 12.2 Å². The molecule has 4 rings (SSSR count). The van der Waals surface area contributed by atoms with Crippen molar-refractivity contribution in [1.82, 2.24) is 23.1 Å². The molecule has 4 aromatic heterocycles. The Hall–Kier alpha value is -3.29. The van der Waals surface area contributed by atoms with Crippen molar-refractivity contribution in [2.75, 3.05) is 0 Å². The van der Waals surface area contributed by atoms with Gasteiger partial charge in [0.2, 0.25) is 5.78 Å². The van der Waals surface area contributed by atoms with Gasteiger partial charge in [-0.25, -0.2) is 4.79 Å². The minimum Gasteiger partial charge on any atom is -0.467 e. The van der Waals surface area contributed by atoms with E-state index in [1.54, 1.807) is 19.4 Å². The Morgan fingerprint density at radius 1 is 1.19 bits per heavy atom. The van der Waals surface area contributed by atoms with E-state index in [0.29, 0.717) is 23.5 Å². The molecule has 4 heterocycles. The van der Waals surface area contributed by atoms with Crippen LogP contribution in [0.2, 0.25) is 0 Å². The Bertz CT molecular complexity index is 1300. The molecule has 0 atom stereocenters. The molecule has 140 valence electrons. The Balaban J connectivity index is 2.09. The van der Waals surface area contributed by atoms with Gasteiger partial charge in [0.05, 0.1) is 12.8 Å². The van der Waals surface area contributed by atoms with Crippen LogP contribution < -0.4 is 11.2 Å². The van der Waals surface area contributed by atoms with Gasteiger partial charge in [0.25, 0.3) is 5.56 Å². The molecule has 4 aromatic rings. The van der Waals surface area contributed by atoms with Crippen LogP contribution in [0.3, 0.4) is 0 Å². The molecule has 0 N–H and O–H groups in total. The zero-order valence-electron chi connectivity index (χ0n) is 15.8. The number of imidazole rings is 2. The van der Waals surface area contributed by atoms with E-state index in [1.807, 2.05) is 47.9 Å². The van der Waals surface area contributed by atoms with E-state index in [4.69, 9.17) is 4.42 Å². The summed E-state index contributed by atoms with van der Waals surface area (Å²) in [5.41, 5.74) is 1.98. The van der Waals surface area contributed by atoms with E-state index in [9.17, 15) is 9.59 Å². The first-order valence-corrected chi connectivity index (χ1v) is 8.77. The summed E-state index contributed by atoms with van der Waals surface area (Å²) in [6.07, 6.45) is 5.23. The molecule has 8 heteroatoms. The van der Waals surface area contributed by atoms with E-state index >= 15 is 0 Å². The van der Waals surface area contributed by atoms with Crippen molar-refractivity contribution in [2.45, 2.75) is 33.9 Å². The van der Waals surface area contributed by atoms with Crippen molar-refractivity contribution >= 4 is 16.9 Å². The van der Waals surface area contributed by atoms with Crippen LogP contribution in [0.1, 0.15) is 24.1 Å². The van der Waals surface area contributed by atoms with Gasteiger partial charge >= 0.3 is 5.69 Å². The molecular weight excluding hydrogens is 346 g/mol. The molecular formula is C19H21N5O3. The fourth-order valence-electron chi connectivity index (χ4n) is 3.43. The number of aryl methyl sites for hydroxylation is 2. The molecule has 0 unspecified atom stereocenters. The highest BCUT2D eigenvalue weighted by Gasteiger charge is 2.22. The number of hydrogen-bond donors (Lipinski definition) is 0. The second-order valence-corrected chi connectivity index (χ2v) is 6.58. The lowest BCUT2D eigenvalue weighted by Gasteiger charge is -2.06. The van der Waals surface area contributed by atoms with Crippen molar-refractivity contribution < 1.29 is 4.42 Å². The standard InChI is InChI=1S/C19H21N5O3/c1-5-6-9-22-17(25)15-16(21(4)19(22)26)20-18-23(11-14-8-7-10-27-14)12(2)13(3)24(15)18/h5-8,10H,9,11H2,1-4H3. The van der Waals surface area contributed by atoms with Crippen LogP contribution in [0, 0.1) is 13.8 Å². The van der Waals surface area contributed by atoms with Crippen LogP contribution >= 0.6 is 0 Å². The third-order valence-corrected chi connectivity index (χ3v) is 5.05. The van der Waals surface area contributed by atoms with Crippen LogP contribution in [0.25, 0.3) is 16.9 Å². The first-order chi connectivity index (χ1) is 13.0. The van der Waals surface area contributed by atoms with E-state index in [1.165, 1.54) is 9.13 Å². The first kappa shape index (κ1) is 17.1. The number of nitrogens with zero attached hydrogens (tertiary/aromatic N) is 5. The quantitative estimate of drug-likeness (QED) is 0.517. The minimum absolute atomic E-state index is 0.232. The van der Waals surface area contributed by atoms with Crippen molar-refractivity contribution in [3.8, 4) is 0 Å². The minimum atomic E-state index is -0.377. The Labute approximate surface area is 154 Å². The Morgan fingerprint density at radius 2 is 1.96 bits per heavy atom. The van der Waals surface area contributed by atoms with Crippen LogP contribution in [0.5, 0.6) is 0 Å². The molecule has 0 fully saturated rings. The Morgan fingerprint density at radius 3 is 2.63 bits per heavy atom. The molecule has 27 heavy (non-hydrogen) atoms. The highest BCUT2D eigenvalue weighted by molar-refractivity contribution is 5.76. The van der Waals surface area contributed by atoms with Crippen LogP contribution in [-0.2, 0) is 20.1 Å². The molecule has 0 aliphatic heterocycles. The lowest BCUT2D eigenvalue weighted by atomic mass is 10.3. The zero-order chi connectivity index (χ0) is 19.3. The van der Waals surface area contributed by atoms with E-state index in [2.05, 4.69) is 4.98 Å². The normalized spacial score (nSPS) is 12.1. The summed E-state index contributed by atoms with van der Waals surface area (Å²) in [6, 6.07) is 3.73. The number of hydrogen-bond acceptors (Lipinski definition) is 4. The van der Waals surface area contributed by atoms with Gasteiger partial charge in [-0.3, -0.25) is 18.3 Å². The van der Waals surface area contributed by atoms with Crippen molar-refractivity contribution in [3.63, 3.8) is 0 Å². The maximum Gasteiger partial charge on any atom is 0.332 e. The molecule has 0 spiro atoms. The molecule has 0 bridgehead atoms. The number of rotatable bonds is 4. The second-order valence-electron chi connectivity index (χ2n) is 6.58. The maximum atomic E-state index is 13.1. The predicted molar refractivity (Wildman–Crippen MR) is 102 cm³/mol. The molecule has 0 aliphatic rings. The smallest absolute Gasteiger partial charge is 0.332 e. The van der Waals surface area contributed by atoms with Crippen molar-refractivity contribution in [2.24, 2.45) is 7.05 Å². The van der Waals surface area contributed by atoms with E-state index in [-0.39, 0.29) is 17.8 Å². The van der Waals surface area contributed by atoms with Gasteiger partial charge in [0.15, 0.2) is 11.2 Å². The molecule has 0 saturated heterocycles. The van der Waals surface area contributed by atoms with E-state index < -0.39 is 0 Å². The van der Waals surface area contributed by atoms with Gasteiger partial charge in [-0.05, 0) is 32.9 Å². The zero-order valence-corrected chi connectivity index (χ0v) is 15.8. The largest absolute Gasteiger partial charge is 0.467 e. The maximum absolute atomic E-state index is 13.1. The number of furan rings is 1. The number of aromatic nitrogens is 5. The fourth-order valence-corrected chi connectivity index (χ4v) is 3.43. The van der Waals surface area contributed by atoms with E-state index in [0.717, 1.165) is 17.1 Å². The van der Waals surface area contributed by atoms with Crippen LogP contribution in [-0.4, -0.2) is 23.1 Å². The molecule has 0 aromatic carbocycles. The van der Waals surface area contributed by atoms with Crippen molar-refractivity contribution in [3.05, 3.63) is 68.5 Å². The number of allylic oxidation sites excluding steroid dienone is 2. The molecule has 0 saturated carbocycles. The summed E-state index contributed by atoms with van der Waals surface area (Å²) in [5.74, 6) is 1.41. The third-order valence-electron chi connectivity index (χ3n) is 5.05. The molecule has 8 nitrogen and oxygen atoms in total. The summed E-state index contributed by atoms with van der Waals surface area (Å²) in [7, 11) is 1.64. The molecule has 0 aliphatic carbocycles. The van der Waals surface area contributed by atoms with Crippen molar-refractivity contribution in [1.29, 1.82) is 0 Å².